The minimum Gasteiger partial charge on any atom is -0.455 e. The van der Waals surface area contributed by atoms with Crippen LogP contribution in [0.2, 0.25) is 0 Å². The highest BCUT2D eigenvalue weighted by molar-refractivity contribution is 5.63. The molecule has 0 saturated heterocycles. The van der Waals surface area contributed by atoms with E-state index in [1.54, 1.807) is 0 Å². The maximum Gasteiger partial charge on any atom is 0.150 e. The van der Waals surface area contributed by atoms with Gasteiger partial charge in [0.25, 0.3) is 0 Å². The third-order valence-electron chi connectivity index (χ3n) is 5.62. The molecule has 5 aromatic carbocycles. The summed E-state index contributed by atoms with van der Waals surface area (Å²) < 4.78 is 11.9. The fraction of sp³-hybridized carbons (Fsp3) is 0. The predicted octanol–water partition coefficient (Wildman–Crippen LogP) is 6.09. The number of benzene rings is 5. The van der Waals surface area contributed by atoms with Crippen molar-refractivity contribution in [1.82, 2.24) is 0 Å². The fourth-order valence-corrected chi connectivity index (χ4v) is 3.76. The van der Waals surface area contributed by atoms with Gasteiger partial charge in [-0.25, -0.2) is 0 Å². The van der Waals surface area contributed by atoms with Crippen LogP contribution < -0.4 is 31.4 Å². The second-order valence-corrected chi connectivity index (χ2v) is 8.38. The van der Waals surface area contributed by atoms with Crippen molar-refractivity contribution in [2.24, 2.45) is 0 Å². The first-order chi connectivity index (χ1) is 17.6. The van der Waals surface area contributed by atoms with Gasteiger partial charge in [0.2, 0.25) is 0 Å². The van der Waals surface area contributed by atoms with Gasteiger partial charge in [0.15, 0.2) is 11.5 Å². The third-order valence-corrected chi connectivity index (χ3v) is 5.62. The molecule has 5 rings (SSSR count). The van der Waals surface area contributed by atoms with Crippen LogP contribution in [-0.4, -0.2) is 0 Å². The van der Waals surface area contributed by atoms with Crippen LogP contribution in [0.4, 0.5) is 11.4 Å². The zero-order valence-corrected chi connectivity index (χ0v) is 19.7. The lowest BCUT2D eigenvalue weighted by atomic mass is 10.1. The van der Waals surface area contributed by atoms with E-state index in [1.165, 1.54) is 0 Å². The Morgan fingerprint density at radius 2 is 0.833 bits per heavy atom. The Labute approximate surface area is 210 Å². The highest BCUT2D eigenvalue weighted by Crippen LogP contribution is 2.29. The maximum atomic E-state index is 6.13. The molecule has 0 atom stereocenters. The molecule has 0 bridgehead atoms. The first-order valence-corrected chi connectivity index (χ1v) is 11.7. The quantitative estimate of drug-likeness (QED) is 0.295. The molecule has 0 aliphatic heterocycles. The van der Waals surface area contributed by atoms with Crippen molar-refractivity contribution in [1.29, 1.82) is 0 Å². The number of anilines is 2. The van der Waals surface area contributed by atoms with Gasteiger partial charge in [-0.1, -0.05) is 72.8 Å². The Bertz CT molecular complexity index is 1450. The zero-order valence-electron chi connectivity index (χ0n) is 19.7. The van der Waals surface area contributed by atoms with Crippen molar-refractivity contribution in [3.8, 4) is 23.0 Å². The summed E-state index contributed by atoms with van der Waals surface area (Å²) in [6.07, 6.45) is 4.19. The fourth-order valence-electron chi connectivity index (χ4n) is 3.76. The van der Waals surface area contributed by atoms with Gasteiger partial charge in [0, 0.05) is 0 Å². The summed E-state index contributed by atoms with van der Waals surface area (Å²) in [4.78, 5) is 0. The van der Waals surface area contributed by atoms with Crippen LogP contribution in [-0.2, 0) is 0 Å². The molecule has 0 amide bonds. The molecule has 5 aromatic rings. The Balaban J connectivity index is 1.37. The number of hydrogen-bond acceptors (Lipinski definition) is 4. The molecule has 0 saturated carbocycles. The van der Waals surface area contributed by atoms with Crippen molar-refractivity contribution in [3.63, 3.8) is 0 Å². The Kier molecular flexibility index (Phi) is 6.68. The highest BCUT2D eigenvalue weighted by Gasteiger charge is 2.04. The molecule has 0 aliphatic rings. The Morgan fingerprint density at radius 3 is 1.22 bits per heavy atom. The van der Waals surface area contributed by atoms with E-state index in [9.17, 15) is 0 Å². The van der Waals surface area contributed by atoms with Gasteiger partial charge in [-0.2, -0.15) is 0 Å². The number of nitrogens with two attached hydrogens (primary N) is 2. The molecular weight excluding hydrogens is 444 g/mol. The average molecular weight is 471 g/mol. The van der Waals surface area contributed by atoms with E-state index in [1.807, 2.05) is 97.1 Å². The summed E-state index contributed by atoms with van der Waals surface area (Å²) in [5, 5.41) is 2.15. The molecule has 4 nitrogen and oxygen atoms in total. The van der Waals surface area contributed by atoms with Crippen LogP contribution in [0.25, 0.3) is 12.2 Å². The van der Waals surface area contributed by atoms with Crippen molar-refractivity contribution >= 4 is 23.5 Å². The second kappa shape index (κ2) is 10.5. The summed E-state index contributed by atoms with van der Waals surface area (Å²) in [5.74, 6) is 2.77. The normalized spacial score (nSPS) is 10.4. The largest absolute Gasteiger partial charge is 0.455 e. The van der Waals surface area contributed by atoms with Gasteiger partial charge in [0.05, 0.1) is 11.4 Å². The number of hydrogen-bond donors (Lipinski definition) is 2. The van der Waals surface area contributed by atoms with Crippen molar-refractivity contribution in [2.75, 3.05) is 11.5 Å². The molecule has 4 heteroatoms. The van der Waals surface area contributed by atoms with E-state index >= 15 is 0 Å². The molecule has 0 aromatic heterocycles. The lowest BCUT2D eigenvalue weighted by Gasteiger charge is -2.09. The van der Waals surface area contributed by atoms with E-state index < -0.39 is 0 Å². The monoisotopic (exact) mass is 470 g/mol. The van der Waals surface area contributed by atoms with Crippen LogP contribution in [0.3, 0.4) is 0 Å². The van der Waals surface area contributed by atoms with E-state index in [4.69, 9.17) is 20.9 Å². The van der Waals surface area contributed by atoms with Gasteiger partial charge >= 0.3 is 0 Å². The molecule has 0 fully saturated rings. The summed E-state index contributed by atoms with van der Waals surface area (Å²) in [6.45, 7) is 0. The lowest BCUT2D eigenvalue weighted by Crippen LogP contribution is -2.07. The first kappa shape index (κ1) is 22.8. The first-order valence-electron chi connectivity index (χ1n) is 11.7. The minimum atomic E-state index is 0.597. The number of para-hydroxylation sites is 2. The molecule has 4 N–H and O–H groups in total. The molecule has 0 radical (unpaired) electrons. The van der Waals surface area contributed by atoms with Gasteiger partial charge in [0.1, 0.15) is 11.5 Å². The third kappa shape index (κ3) is 5.75. The van der Waals surface area contributed by atoms with Crippen LogP contribution in [0.5, 0.6) is 23.0 Å². The summed E-state index contributed by atoms with van der Waals surface area (Å²) in [6, 6.07) is 39.2. The smallest absolute Gasteiger partial charge is 0.150 e. The van der Waals surface area contributed by atoms with Crippen molar-refractivity contribution in [3.05, 3.63) is 143 Å². The summed E-state index contributed by atoms with van der Waals surface area (Å²) in [7, 11) is 0. The molecule has 176 valence electrons. The van der Waals surface area contributed by atoms with E-state index in [-0.39, 0.29) is 0 Å². The van der Waals surface area contributed by atoms with Crippen molar-refractivity contribution < 1.29 is 9.47 Å². The summed E-state index contributed by atoms with van der Waals surface area (Å²) in [5.41, 5.74) is 15.5. The summed E-state index contributed by atoms with van der Waals surface area (Å²) >= 11 is 0. The van der Waals surface area contributed by atoms with Gasteiger partial charge < -0.3 is 20.9 Å². The van der Waals surface area contributed by atoms with Gasteiger partial charge in [-0.15, -0.1) is 0 Å². The van der Waals surface area contributed by atoms with E-state index in [0.29, 0.717) is 22.9 Å². The number of nitrogen functional groups attached to an aromatic ring is 2. The van der Waals surface area contributed by atoms with E-state index in [0.717, 1.165) is 33.1 Å². The Morgan fingerprint density at radius 1 is 0.444 bits per heavy atom. The van der Waals surface area contributed by atoms with Crippen LogP contribution in [0, 0.1) is 0 Å². The molecule has 0 spiro atoms. The number of ether oxygens (including phenoxy) is 2. The van der Waals surface area contributed by atoms with Crippen LogP contribution in [0.15, 0.2) is 121 Å². The minimum absolute atomic E-state index is 0.597. The molecule has 0 aliphatic carbocycles. The van der Waals surface area contributed by atoms with E-state index in [2.05, 4.69) is 36.4 Å². The predicted molar refractivity (Wildman–Crippen MR) is 148 cm³/mol. The highest BCUT2D eigenvalue weighted by atomic mass is 16.5. The van der Waals surface area contributed by atoms with Crippen molar-refractivity contribution in [2.45, 2.75) is 0 Å². The maximum absolute atomic E-state index is 6.13. The molecular formula is C32H26N2O2. The number of rotatable bonds is 6. The average Bonchev–Trinajstić information content (AvgIpc) is 2.90. The van der Waals surface area contributed by atoms with Crippen LogP contribution in [0.1, 0.15) is 11.1 Å². The SMILES string of the molecule is Nc1ccc(C=c2ccc(=Cc3ccc(N)c(Oc4ccccc4)c3)cc2)cc1Oc1ccccc1. The topological polar surface area (TPSA) is 70.5 Å². The van der Waals surface area contributed by atoms with Gasteiger partial charge in [-0.05, 0) is 82.2 Å². The molecule has 0 unspecified atom stereocenters. The van der Waals surface area contributed by atoms with Crippen LogP contribution >= 0.6 is 0 Å². The lowest BCUT2D eigenvalue weighted by molar-refractivity contribution is 0.484. The molecule has 36 heavy (non-hydrogen) atoms. The molecule has 0 heterocycles. The van der Waals surface area contributed by atoms with Gasteiger partial charge in [-0.3, -0.25) is 0 Å². The Hall–Kier alpha value is -4.96. The second-order valence-electron chi connectivity index (χ2n) is 8.38. The standard InChI is InChI=1S/C32H26N2O2/c33-29-17-15-25(21-31(29)35-27-7-3-1-4-8-27)19-23-11-13-24(14-12-23)20-26-16-18-30(34)32(22-26)36-28-9-5-2-6-10-28/h1-22H,33-34H2. The zero-order chi connectivity index (χ0) is 24.7.